The number of pyridine rings is 1. The number of amides is 1. The Hall–Kier alpha value is -2.54. The Morgan fingerprint density at radius 1 is 1.17 bits per heavy atom. The number of benzene rings is 1. The zero-order valence-electron chi connectivity index (χ0n) is 12.6. The molecule has 122 valence electrons. The Kier molecular flexibility index (Phi) is 5.99. The van der Waals surface area contributed by atoms with E-state index in [2.05, 4.69) is 15.6 Å². The van der Waals surface area contributed by atoms with Gasteiger partial charge in [0.05, 0.1) is 0 Å². The van der Waals surface area contributed by atoms with E-state index in [4.69, 9.17) is 4.74 Å². The molecule has 0 bridgehead atoms. The lowest BCUT2D eigenvalue weighted by molar-refractivity contribution is 0.102. The third kappa shape index (κ3) is 5.00. The zero-order valence-corrected chi connectivity index (χ0v) is 12.6. The fraction of sp³-hybridized carbons (Fsp3) is 0.250. The van der Waals surface area contributed by atoms with Crippen LogP contribution in [0.3, 0.4) is 0 Å². The number of nitrogens with zero attached hydrogens (tertiary/aromatic N) is 1. The number of methoxy groups -OCH3 is 1. The number of carbonyl (C=O) groups excluding carboxylic acids is 1. The zero-order chi connectivity index (χ0) is 16.7. The van der Waals surface area contributed by atoms with Gasteiger partial charge in [-0.3, -0.25) is 9.78 Å². The molecule has 2 N–H and O–H groups in total. The van der Waals surface area contributed by atoms with Crippen LogP contribution in [-0.4, -0.2) is 31.2 Å². The lowest BCUT2D eigenvalue weighted by atomic mass is 10.2. The second kappa shape index (κ2) is 8.19. The summed E-state index contributed by atoms with van der Waals surface area (Å²) in [5.74, 6) is -2.50. The number of ether oxygens (including phenoxy) is 1. The Bertz CT molecular complexity index is 680. The molecule has 0 saturated carbocycles. The number of carbonyl (C=O) groups is 1. The summed E-state index contributed by atoms with van der Waals surface area (Å²) in [6.45, 7) is 1.34. The number of halogens is 2. The smallest absolute Gasteiger partial charge is 0.274 e. The van der Waals surface area contributed by atoms with E-state index in [1.807, 2.05) is 0 Å². The van der Waals surface area contributed by atoms with E-state index in [-0.39, 0.29) is 11.4 Å². The largest absolute Gasteiger partial charge is 0.385 e. The first kappa shape index (κ1) is 16.8. The lowest BCUT2D eigenvalue weighted by Gasteiger charge is -2.08. The average molecular weight is 321 g/mol. The maximum atomic E-state index is 13.1. The first-order valence-electron chi connectivity index (χ1n) is 7.05. The van der Waals surface area contributed by atoms with Gasteiger partial charge in [-0.2, -0.15) is 0 Å². The molecule has 1 aromatic carbocycles. The third-order valence-electron chi connectivity index (χ3n) is 3.02. The lowest BCUT2D eigenvalue weighted by Crippen LogP contribution is -2.14. The number of anilines is 2. The molecule has 0 spiro atoms. The monoisotopic (exact) mass is 321 g/mol. The van der Waals surface area contributed by atoms with Crippen molar-refractivity contribution in [3.63, 3.8) is 0 Å². The Morgan fingerprint density at radius 3 is 2.74 bits per heavy atom. The van der Waals surface area contributed by atoms with Gasteiger partial charge in [-0.25, -0.2) is 8.78 Å². The van der Waals surface area contributed by atoms with Crippen LogP contribution in [0.15, 0.2) is 36.5 Å². The van der Waals surface area contributed by atoms with Crippen LogP contribution < -0.4 is 10.6 Å². The number of hydrogen-bond donors (Lipinski definition) is 2. The van der Waals surface area contributed by atoms with Crippen molar-refractivity contribution < 1.29 is 18.3 Å². The van der Waals surface area contributed by atoms with Crippen molar-refractivity contribution in [2.24, 2.45) is 0 Å². The van der Waals surface area contributed by atoms with Crippen LogP contribution in [0.25, 0.3) is 0 Å². The van der Waals surface area contributed by atoms with Crippen LogP contribution in [0.4, 0.5) is 20.2 Å². The van der Waals surface area contributed by atoms with E-state index in [1.165, 1.54) is 12.3 Å². The second-order valence-electron chi connectivity index (χ2n) is 4.79. The third-order valence-corrected chi connectivity index (χ3v) is 3.02. The second-order valence-corrected chi connectivity index (χ2v) is 4.79. The summed E-state index contributed by atoms with van der Waals surface area (Å²) < 4.78 is 31.0. The van der Waals surface area contributed by atoms with Gasteiger partial charge in [0.2, 0.25) is 0 Å². The van der Waals surface area contributed by atoms with Gasteiger partial charge < -0.3 is 15.4 Å². The van der Waals surface area contributed by atoms with Crippen LogP contribution >= 0.6 is 0 Å². The van der Waals surface area contributed by atoms with Gasteiger partial charge in [-0.15, -0.1) is 0 Å². The molecular formula is C16H17F2N3O2. The molecule has 0 unspecified atom stereocenters. The van der Waals surface area contributed by atoms with Crippen LogP contribution in [0.2, 0.25) is 0 Å². The maximum absolute atomic E-state index is 13.1. The number of nitrogens with one attached hydrogen (secondary N) is 2. The van der Waals surface area contributed by atoms with Crippen molar-refractivity contribution in [2.75, 3.05) is 30.9 Å². The van der Waals surface area contributed by atoms with Crippen LogP contribution in [0, 0.1) is 11.6 Å². The van der Waals surface area contributed by atoms with Crippen molar-refractivity contribution in [1.82, 2.24) is 4.98 Å². The highest BCUT2D eigenvalue weighted by atomic mass is 19.2. The van der Waals surface area contributed by atoms with E-state index in [9.17, 15) is 13.6 Å². The molecule has 23 heavy (non-hydrogen) atoms. The average Bonchev–Trinajstić information content (AvgIpc) is 2.55. The summed E-state index contributed by atoms with van der Waals surface area (Å²) in [5, 5.41) is 5.62. The molecule has 0 radical (unpaired) electrons. The van der Waals surface area contributed by atoms with Crippen molar-refractivity contribution in [1.29, 1.82) is 0 Å². The summed E-state index contributed by atoms with van der Waals surface area (Å²) >= 11 is 0. The van der Waals surface area contributed by atoms with Gasteiger partial charge in [0.15, 0.2) is 11.6 Å². The van der Waals surface area contributed by atoms with Gasteiger partial charge in [-0.05, 0) is 30.7 Å². The quantitative estimate of drug-likeness (QED) is 0.769. The molecule has 5 nitrogen and oxygen atoms in total. The minimum absolute atomic E-state index is 0.161. The molecule has 0 fully saturated rings. The summed E-state index contributed by atoms with van der Waals surface area (Å²) in [4.78, 5) is 16.1. The Labute approximate surface area is 132 Å². The molecule has 0 aliphatic rings. The minimum Gasteiger partial charge on any atom is -0.385 e. The molecule has 0 atom stereocenters. The fourth-order valence-corrected chi connectivity index (χ4v) is 1.88. The van der Waals surface area contributed by atoms with Gasteiger partial charge in [0.25, 0.3) is 5.91 Å². The van der Waals surface area contributed by atoms with Gasteiger partial charge in [0, 0.05) is 43.9 Å². The standard InChI is InChI=1S/C16H17F2N3O2/c1-23-8-2-6-19-11-5-7-20-15(10-11)16(22)21-12-3-4-13(17)14(18)9-12/h3-5,7,9-10H,2,6,8H2,1H3,(H,19,20)(H,21,22). The van der Waals surface area contributed by atoms with E-state index in [0.29, 0.717) is 13.2 Å². The first-order valence-corrected chi connectivity index (χ1v) is 7.05. The van der Waals surface area contributed by atoms with E-state index in [0.717, 1.165) is 24.2 Å². The predicted octanol–water partition coefficient (Wildman–Crippen LogP) is 3.06. The molecule has 2 aromatic rings. The van der Waals surface area contributed by atoms with Gasteiger partial charge in [-0.1, -0.05) is 0 Å². The highest BCUT2D eigenvalue weighted by Crippen LogP contribution is 2.15. The van der Waals surface area contributed by atoms with Gasteiger partial charge in [0.1, 0.15) is 5.69 Å². The maximum Gasteiger partial charge on any atom is 0.274 e. The normalized spacial score (nSPS) is 10.4. The molecule has 7 heteroatoms. The van der Waals surface area contributed by atoms with E-state index >= 15 is 0 Å². The van der Waals surface area contributed by atoms with Crippen LogP contribution in [0.1, 0.15) is 16.9 Å². The minimum atomic E-state index is -1.02. The molecule has 2 rings (SSSR count). The summed E-state index contributed by atoms with van der Waals surface area (Å²) in [5.41, 5.74) is 1.08. The summed E-state index contributed by atoms with van der Waals surface area (Å²) in [6.07, 6.45) is 2.33. The molecule has 1 heterocycles. The number of aromatic nitrogens is 1. The predicted molar refractivity (Wildman–Crippen MR) is 83.5 cm³/mol. The van der Waals surface area contributed by atoms with Gasteiger partial charge >= 0.3 is 0 Å². The SMILES string of the molecule is COCCCNc1ccnc(C(=O)Nc2ccc(F)c(F)c2)c1. The fourth-order valence-electron chi connectivity index (χ4n) is 1.88. The van der Waals surface area contributed by atoms with Crippen LogP contribution in [-0.2, 0) is 4.74 Å². The van der Waals surface area contributed by atoms with Crippen molar-refractivity contribution in [2.45, 2.75) is 6.42 Å². The molecule has 1 amide bonds. The van der Waals surface area contributed by atoms with Crippen molar-refractivity contribution in [3.8, 4) is 0 Å². The van der Waals surface area contributed by atoms with E-state index < -0.39 is 17.5 Å². The molecule has 0 saturated heterocycles. The molecular weight excluding hydrogens is 304 g/mol. The van der Waals surface area contributed by atoms with Crippen molar-refractivity contribution >= 4 is 17.3 Å². The highest BCUT2D eigenvalue weighted by Gasteiger charge is 2.10. The molecule has 0 aliphatic carbocycles. The highest BCUT2D eigenvalue weighted by molar-refractivity contribution is 6.03. The molecule has 0 aliphatic heterocycles. The Morgan fingerprint density at radius 2 is 2.00 bits per heavy atom. The first-order chi connectivity index (χ1) is 11.1. The summed E-state index contributed by atoms with van der Waals surface area (Å²) in [6, 6.07) is 6.47. The number of hydrogen-bond acceptors (Lipinski definition) is 4. The van der Waals surface area contributed by atoms with Crippen molar-refractivity contribution in [3.05, 3.63) is 53.9 Å². The molecule has 1 aromatic heterocycles. The Balaban J connectivity index is 2.00. The summed E-state index contributed by atoms with van der Waals surface area (Å²) in [7, 11) is 1.63. The number of rotatable bonds is 7. The van der Waals surface area contributed by atoms with Crippen LogP contribution in [0.5, 0.6) is 0 Å². The topological polar surface area (TPSA) is 63.2 Å². The van der Waals surface area contributed by atoms with E-state index in [1.54, 1.807) is 19.2 Å².